The van der Waals surface area contributed by atoms with Crippen molar-refractivity contribution in [1.29, 1.82) is 0 Å². The Kier molecular flexibility index (Phi) is 4.67. The molecule has 6 heteroatoms. The van der Waals surface area contributed by atoms with Gasteiger partial charge in [-0.1, -0.05) is 18.3 Å². The number of hydrogen-bond donors (Lipinski definition) is 1. The van der Waals surface area contributed by atoms with Crippen LogP contribution in [0.1, 0.15) is 12.6 Å². The number of aromatic nitrogens is 1. The molecule has 4 nitrogen and oxygen atoms in total. The van der Waals surface area contributed by atoms with Crippen LogP contribution in [-0.4, -0.2) is 48.0 Å². The molecule has 2 heterocycles. The summed E-state index contributed by atoms with van der Waals surface area (Å²) in [6.07, 6.45) is 0.330. The molecule has 1 aromatic heterocycles. The normalized spacial score (nSPS) is 21.9. The van der Waals surface area contributed by atoms with E-state index in [9.17, 15) is 0 Å². The molecule has 1 fully saturated rings. The molecule has 0 radical (unpaired) electrons. The van der Waals surface area contributed by atoms with E-state index >= 15 is 0 Å². The van der Waals surface area contributed by atoms with E-state index in [2.05, 4.69) is 16.8 Å². The Labute approximate surface area is 111 Å². The largest absolute Gasteiger partial charge is 0.375 e. The van der Waals surface area contributed by atoms with Gasteiger partial charge in [0.05, 0.1) is 22.6 Å². The van der Waals surface area contributed by atoms with E-state index in [-0.39, 0.29) is 0 Å². The number of nitrogen functional groups attached to an aromatic ring is 1. The van der Waals surface area contributed by atoms with Crippen LogP contribution in [0.2, 0.25) is 0 Å². The summed E-state index contributed by atoms with van der Waals surface area (Å²) in [5.41, 5.74) is 6.73. The Balaban J connectivity index is 1.83. The standard InChI is InChI=1S/C11H19N3OS2/c1-3-14-4-5-15-9(6-14)7-16-10-8(2)13-11(12)17-10/h9H,3-7H2,1-2H3,(H2,12,13). The summed E-state index contributed by atoms with van der Waals surface area (Å²) in [6, 6.07) is 0. The number of thiazole rings is 1. The predicted molar refractivity (Wildman–Crippen MR) is 73.8 cm³/mol. The highest BCUT2D eigenvalue weighted by molar-refractivity contribution is 8.01. The summed E-state index contributed by atoms with van der Waals surface area (Å²) in [5, 5.41) is 0.657. The van der Waals surface area contributed by atoms with Crippen molar-refractivity contribution in [1.82, 2.24) is 9.88 Å². The van der Waals surface area contributed by atoms with Crippen molar-refractivity contribution in [3.8, 4) is 0 Å². The maximum Gasteiger partial charge on any atom is 0.181 e. The highest BCUT2D eigenvalue weighted by Gasteiger charge is 2.20. The van der Waals surface area contributed by atoms with Crippen molar-refractivity contribution in [3.05, 3.63) is 5.69 Å². The van der Waals surface area contributed by atoms with Gasteiger partial charge in [0, 0.05) is 18.8 Å². The molecule has 0 spiro atoms. The number of ether oxygens (including phenoxy) is 1. The zero-order valence-corrected chi connectivity index (χ0v) is 11.9. The van der Waals surface area contributed by atoms with Gasteiger partial charge in [-0.05, 0) is 13.5 Å². The Hall–Kier alpha value is -0.300. The number of rotatable bonds is 4. The van der Waals surface area contributed by atoms with Gasteiger partial charge in [0.1, 0.15) is 0 Å². The fourth-order valence-electron chi connectivity index (χ4n) is 1.87. The summed E-state index contributed by atoms with van der Waals surface area (Å²) in [5.74, 6) is 0.985. The molecule has 96 valence electrons. The first-order valence-electron chi connectivity index (χ1n) is 5.88. The Morgan fingerprint density at radius 3 is 3.12 bits per heavy atom. The quantitative estimate of drug-likeness (QED) is 0.849. The minimum atomic E-state index is 0.330. The summed E-state index contributed by atoms with van der Waals surface area (Å²) in [4.78, 5) is 6.66. The van der Waals surface area contributed by atoms with E-state index in [1.807, 2.05) is 18.7 Å². The maximum atomic E-state index is 5.77. The fourth-order valence-corrected chi connectivity index (χ4v) is 3.93. The summed E-state index contributed by atoms with van der Waals surface area (Å²) in [6.45, 7) is 8.26. The van der Waals surface area contributed by atoms with Gasteiger partial charge in [-0.25, -0.2) is 4.98 Å². The molecule has 2 N–H and O–H groups in total. The highest BCUT2D eigenvalue weighted by atomic mass is 32.2. The second-order valence-corrected chi connectivity index (χ2v) is 6.44. The minimum Gasteiger partial charge on any atom is -0.375 e. The van der Waals surface area contributed by atoms with E-state index in [1.54, 1.807) is 11.3 Å². The van der Waals surface area contributed by atoms with Gasteiger partial charge in [-0.2, -0.15) is 0 Å². The zero-order valence-electron chi connectivity index (χ0n) is 10.3. The number of nitrogens with zero attached hydrogens (tertiary/aromatic N) is 2. The summed E-state index contributed by atoms with van der Waals surface area (Å²) >= 11 is 3.38. The molecule has 0 aromatic carbocycles. The third kappa shape index (κ3) is 3.58. The van der Waals surface area contributed by atoms with Crippen molar-refractivity contribution in [2.75, 3.05) is 37.7 Å². The summed E-state index contributed by atoms with van der Waals surface area (Å²) in [7, 11) is 0. The average molecular weight is 273 g/mol. The van der Waals surface area contributed by atoms with Gasteiger partial charge >= 0.3 is 0 Å². The number of thioether (sulfide) groups is 1. The number of morpholine rings is 1. The molecular weight excluding hydrogens is 254 g/mol. The first-order chi connectivity index (χ1) is 8.19. The molecule has 1 atom stereocenters. The SMILES string of the molecule is CCN1CCOC(CSc2sc(N)nc2C)C1. The van der Waals surface area contributed by atoms with Gasteiger partial charge in [0.25, 0.3) is 0 Å². The Bertz CT molecular complexity index is 370. The van der Waals surface area contributed by atoms with Crippen LogP contribution in [0.15, 0.2) is 4.21 Å². The van der Waals surface area contributed by atoms with Gasteiger partial charge in [0.2, 0.25) is 0 Å². The van der Waals surface area contributed by atoms with Crippen LogP contribution in [0.4, 0.5) is 5.13 Å². The summed E-state index contributed by atoms with van der Waals surface area (Å²) < 4.78 is 6.99. The molecular formula is C11H19N3OS2. The topological polar surface area (TPSA) is 51.4 Å². The molecule has 0 aliphatic carbocycles. The van der Waals surface area contributed by atoms with Gasteiger partial charge in [-0.15, -0.1) is 11.8 Å². The third-order valence-corrected chi connectivity index (χ3v) is 5.32. The molecule has 1 aliphatic heterocycles. The predicted octanol–water partition coefficient (Wildman–Crippen LogP) is 1.85. The van der Waals surface area contributed by atoms with E-state index in [0.717, 1.165) is 37.7 Å². The van der Waals surface area contributed by atoms with Crippen LogP contribution in [0.3, 0.4) is 0 Å². The molecule has 1 aromatic rings. The number of aryl methyl sites for hydroxylation is 1. The Morgan fingerprint density at radius 2 is 2.47 bits per heavy atom. The molecule has 0 saturated carbocycles. The molecule has 17 heavy (non-hydrogen) atoms. The lowest BCUT2D eigenvalue weighted by atomic mass is 10.3. The average Bonchev–Trinajstić information content (AvgIpc) is 2.65. The van der Waals surface area contributed by atoms with Gasteiger partial charge in [0.15, 0.2) is 5.13 Å². The lowest BCUT2D eigenvalue weighted by Crippen LogP contribution is -2.43. The molecule has 1 aliphatic rings. The molecule has 0 amide bonds. The van der Waals surface area contributed by atoms with Crippen LogP contribution < -0.4 is 5.73 Å². The van der Waals surface area contributed by atoms with Crippen LogP contribution in [0.25, 0.3) is 0 Å². The monoisotopic (exact) mass is 273 g/mol. The lowest BCUT2D eigenvalue weighted by molar-refractivity contribution is -0.0137. The van der Waals surface area contributed by atoms with Crippen LogP contribution >= 0.6 is 23.1 Å². The second-order valence-electron chi connectivity index (χ2n) is 4.12. The van der Waals surface area contributed by atoms with Crippen molar-refractivity contribution in [2.45, 2.75) is 24.2 Å². The lowest BCUT2D eigenvalue weighted by Gasteiger charge is -2.31. The number of likely N-dealkylation sites (N-methyl/N-ethyl adjacent to an activating group) is 1. The van der Waals surface area contributed by atoms with E-state index in [4.69, 9.17) is 10.5 Å². The zero-order chi connectivity index (χ0) is 12.3. The van der Waals surface area contributed by atoms with Gasteiger partial charge < -0.3 is 10.5 Å². The molecule has 1 unspecified atom stereocenters. The van der Waals surface area contributed by atoms with Crippen LogP contribution in [0, 0.1) is 6.92 Å². The van der Waals surface area contributed by atoms with Crippen molar-refractivity contribution < 1.29 is 4.74 Å². The van der Waals surface area contributed by atoms with Crippen molar-refractivity contribution >= 4 is 28.2 Å². The number of hydrogen-bond acceptors (Lipinski definition) is 6. The van der Waals surface area contributed by atoms with Crippen LogP contribution in [-0.2, 0) is 4.74 Å². The highest BCUT2D eigenvalue weighted by Crippen LogP contribution is 2.31. The van der Waals surface area contributed by atoms with Crippen molar-refractivity contribution in [2.24, 2.45) is 0 Å². The Morgan fingerprint density at radius 1 is 1.65 bits per heavy atom. The first-order valence-corrected chi connectivity index (χ1v) is 7.69. The molecule has 1 saturated heterocycles. The third-order valence-electron chi connectivity index (χ3n) is 2.84. The van der Waals surface area contributed by atoms with Crippen molar-refractivity contribution in [3.63, 3.8) is 0 Å². The number of nitrogens with two attached hydrogens (primary N) is 1. The molecule has 0 bridgehead atoms. The first kappa shape index (κ1) is 13.1. The smallest absolute Gasteiger partial charge is 0.181 e. The van der Waals surface area contributed by atoms with E-state index < -0.39 is 0 Å². The van der Waals surface area contributed by atoms with Gasteiger partial charge in [-0.3, -0.25) is 4.90 Å². The van der Waals surface area contributed by atoms with E-state index in [1.165, 1.54) is 4.21 Å². The fraction of sp³-hybridized carbons (Fsp3) is 0.727. The molecule has 2 rings (SSSR count). The van der Waals surface area contributed by atoms with Crippen LogP contribution in [0.5, 0.6) is 0 Å². The van der Waals surface area contributed by atoms with E-state index in [0.29, 0.717) is 11.2 Å². The second kappa shape index (κ2) is 6.04. The maximum absolute atomic E-state index is 5.77. The minimum absolute atomic E-state index is 0.330. The number of anilines is 1.